The van der Waals surface area contributed by atoms with Crippen molar-refractivity contribution in [3.8, 4) is 0 Å². The lowest BCUT2D eigenvalue weighted by atomic mass is 10.1. The summed E-state index contributed by atoms with van der Waals surface area (Å²) in [5.74, 6) is -0.552. The van der Waals surface area contributed by atoms with Crippen LogP contribution >= 0.6 is 0 Å². The second kappa shape index (κ2) is 9.33. The molecule has 0 amide bonds. The van der Waals surface area contributed by atoms with E-state index >= 15 is 0 Å². The number of nitrogens with one attached hydrogen (secondary N) is 1. The van der Waals surface area contributed by atoms with Crippen LogP contribution in [0.2, 0.25) is 0 Å². The lowest BCUT2D eigenvalue weighted by Gasteiger charge is -2.35. The molecular formula is C21H27N3O5S2. The van der Waals surface area contributed by atoms with E-state index in [-0.39, 0.29) is 22.4 Å². The van der Waals surface area contributed by atoms with Gasteiger partial charge in [0.2, 0.25) is 0 Å². The van der Waals surface area contributed by atoms with Gasteiger partial charge in [-0.2, -0.15) is 0 Å². The highest BCUT2D eigenvalue weighted by Gasteiger charge is 2.46. The van der Waals surface area contributed by atoms with Gasteiger partial charge in [-0.1, -0.05) is 24.3 Å². The molecule has 10 heteroatoms. The Morgan fingerprint density at radius 2 is 1.84 bits per heavy atom. The lowest BCUT2D eigenvalue weighted by molar-refractivity contribution is 0.0157. The van der Waals surface area contributed by atoms with E-state index < -0.39 is 31.0 Å². The van der Waals surface area contributed by atoms with Gasteiger partial charge in [0, 0.05) is 44.1 Å². The maximum Gasteiger partial charge on any atom is 0.183 e. The first-order valence-electron chi connectivity index (χ1n) is 10.3. The second-order valence-corrected chi connectivity index (χ2v) is 12.3. The number of rotatable bonds is 7. The molecule has 1 aromatic heterocycles. The van der Waals surface area contributed by atoms with Crippen molar-refractivity contribution < 1.29 is 21.6 Å². The van der Waals surface area contributed by atoms with Gasteiger partial charge in [0.15, 0.2) is 19.7 Å². The fourth-order valence-electron chi connectivity index (χ4n) is 4.28. The number of ether oxygens (including phenoxy) is 1. The molecule has 0 radical (unpaired) electrons. The highest BCUT2D eigenvalue weighted by Crippen LogP contribution is 2.27. The van der Waals surface area contributed by atoms with Gasteiger partial charge in [-0.25, -0.2) is 16.8 Å². The van der Waals surface area contributed by atoms with Gasteiger partial charge in [0.25, 0.3) is 0 Å². The molecule has 0 aliphatic carbocycles. The predicted octanol–water partition coefficient (Wildman–Crippen LogP) is 0.684. The molecule has 2 aliphatic rings. The number of aromatic nitrogens is 1. The van der Waals surface area contributed by atoms with Crippen LogP contribution in [0.5, 0.6) is 0 Å². The van der Waals surface area contributed by atoms with Crippen molar-refractivity contribution in [2.45, 2.75) is 22.2 Å². The van der Waals surface area contributed by atoms with E-state index in [1.807, 2.05) is 12.1 Å². The summed E-state index contributed by atoms with van der Waals surface area (Å²) in [6, 6.07) is 11.2. The first-order chi connectivity index (χ1) is 14.9. The number of pyridine rings is 1. The number of morpholine rings is 1. The van der Waals surface area contributed by atoms with Crippen LogP contribution in [0.4, 0.5) is 0 Å². The Morgan fingerprint density at radius 3 is 2.52 bits per heavy atom. The average molecular weight is 466 g/mol. The molecule has 1 N–H and O–H groups in total. The zero-order chi connectivity index (χ0) is 21.9. The van der Waals surface area contributed by atoms with Gasteiger partial charge < -0.3 is 10.1 Å². The normalized spacial score (nSPS) is 25.3. The van der Waals surface area contributed by atoms with Crippen molar-refractivity contribution in [2.75, 3.05) is 44.4 Å². The van der Waals surface area contributed by atoms with Crippen molar-refractivity contribution in [1.29, 1.82) is 0 Å². The maximum atomic E-state index is 13.2. The zero-order valence-corrected chi connectivity index (χ0v) is 18.8. The van der Waals surface area contributed by atoms with E-state index in [0.29, 0.717) is 19.8 Å². The van der Waals surface area contributed by atoms with E-state index in [9.17, 15) is 16.8 Å². The summed E-state index contributed by atoms with van der Waals surface area (Å²) in [7, 11) is -7.24. The fourth-order valence-corrected chi connectivity index (χ4v) is 9.02. The van der Waals surface area contributed by atoms with Crippen molar-refractivity contribution in [1.82, 2.24) is 15.2 Å². The van der Waals surface area contributed by atoms with E-state index in [2.05, 4.69) is 15.2 Å². The third-order valence-corrected chi connectivity index (χ3v) is 10.1. The largest absolute Gasteiger partial charge is 0.379 e. The molecule has 2 fully saturated rings. The molecule has 168 valence electrons. The molecular weight excluding hydrogens is 438 g/mol. The van der Waals surface area contributed by atoms with Crippen LogP contribution in [0.3, 0.4) is 0 Å². The van der Waals surface area contributed by atoms with Crippen LogP contribution in [-0.4, -0.2) is 82.4 Å². The molecule has 0 spiro atoms. The van der Waals surface area contributed by atoms with Crippen LogP contribution in [0, 0.1) is 0 Å². The fraction of sp³-hybridized carbons (Fsp3) is 0.476. The minimum Gasteiger partial charge on any atom is -0.379 e. The first kappa shape index (κ1) is 22.3. The maximum absolute atomic E-state index is 13.2. The Labute approximate surface area is 183 Å². The number of hydrogen-bond donors (Lipinski definition) is 1. The van der Waals surface area contributed by atoms with Crippen LogP contribution in [0.25, 0.3) is 0 Å². The van der Waals surface area contributed by atoms with E-state index in [4.69, 9.17) is 4.74 Å². The monoisotopic (exact) mass is 465 g/mol. The molecule has 2 aliphatic heterocycles. The number of nitrogens with zero attached hydrogens (tertiary/aromatic N) is 2. The minimum atomic E-state index is -3.78. The minimum absolute atomic E-state index is 0.0546. The van der Waals surface area contributed by atoms with Gasteiger partial charge >= 0.3 is 0 Å². The predicted molar refractivity (Wildman–Crippen MR) is 117 cm³/mol. The highest BCUT2D eigenvalue weighted by molar-refractivity contribution is 7.96. The number of hydrogen-bond acceptors (Lipinski definition) is 8. The molecule has 3 heterocycles. The van der Waals surface area contributed by atoms with Gasteiger partial charge in [-0.05, 0) is 23.8 Å². The Kier molecular flexibility index (Phi) is 6.73. The van der Waals surface area contributed by atoms with Crippen molar-refractivity contribution in [3.05, 3.63) is 60.4 Å². The summed E-state index contributed by atoms with van der Waals surface area (Å²) in [6.45, 7) is 3.16. The summed E-state index contributed by atoms with van der Waals surface area (Å²) in [5, 5.41) is 2.28. The standard InChI is InChI=1S/C21H27N3O5S2/c25-30(26)15-19(21(16-30)31(27,28)18-6-2-1-3-7-18)23-14-20(17-5-4-8-22-13-17)24-9-11-29-12-10-24/h1-8,13,19-21,23H,9-12,14-16H2/t19-,20?,21-/m0/s1. The molecule has 8 nitrogen and oxygen atoms in total. The van der Waals surface area contributed by atoms with Crippen molar-refractivity contribution >= 4 is 19.7 Å². The summed E-state index contributed by atoms with van der Waals surface area (Å²) in [6.07, 6.45) is 3.50. The summed E-state index contributed by atoms with van der Waals surface area (Å²) >= 11 is 0. The van der Waals surface area contributed by atoms with Gasteiger partial charge in [-0.15, -0.1) is 0 Å². The SMILES string of the molecule is O=S1(=O)C[C@H](NCC(c2cccnc2)N2CCOCC2)[C@@H](S(=O)(=O)c2ccccc2)C1. The third kappa shape index (κ3) is 5.15. The molecule has 31 heavy (non-hydrogen) atoms. The first-order valence-corrected chi connectivity index (χ1v) is 13.7. The Bertz CT molecular complexity index is 1070. The van der Waals surface area contributed by atoms with E-state index in [0.717, 1.165) is 18.7 Å². The van der Waals surface area contributed by atoms with Gasteiger partial charge in [0.1, 0.15) is 0 Å². The number of benzene rings is 1. The second-order valence-electron chi connectivity index (χ2n) is 7.94. The molecule has 1 aromatic carbocycles. The smallest absolute Gasteiger partial charge is 0.183 e. The molecule has 3 atom stereocenters. The van der Waals surface area contributed by atoms with Crippen LogP contribution in [0.1, 0.15) is 11.6 Å². The molecule has 2 saturated heterocycles. The van der Waals surface area contributed by atoms with Gasteiger partial charge in [-0.3, -0.25) is 9.88 Å². The molecule has 0 bridgehead atoms. The topological polar surface area (TPSA) is 106 Å². The highest BCUT2D eigenvalue weighted by atomic mass is 32.2. The third-order valence-electron chi connectivity index (χ3n) is 5.90. The molecule has 1 unspecified atom stereocenters. The van der Waals surface area contributed by atoms with Crippen molar-refractivity contribution in [2.24, 2.45) is 0 Å². The van der Waals surface area contributed by atoms with Crippen LogP contribution in [0.15, 0.2) is 59.8 Å². The molecule has 4 rings (SSSR count). The number of sulfone groups is 2. The molecule has 2 aromatic rings. The van der Waals surface area contributed by atoms with E-state index in [1.165, 1.54) is 12.1 Å². The van der Waals surface area contributed by atoms with Crippen LogP contribution < -0.4 is 5.32 Å². The Balaban J connectivity index is 1.56. The van der Waals surface area contributed by atoms with Crippen LogP contribution in [-0.2, 0) is 24.4 Å². The Hall–Kier alpha value is -1.85. The zero-order valence-electron chi connectivity index (χ0n) is 17.1. The summed E-state index contributed by atoms with van der Waals surface area (Å²) in [5.41, 5.74) is 1.00. The van der Waals surface area contributed by atoms with Crippen molar-refractivity contribution in [3.63, 3.8) is 0 Å². The quantitative estimate of drug-likeness (QED) is 0.637. The average Bonchev–Trinajstić information content (AvgIpc) is 3.11. The summed E-state index contributed by atoms with van der Waals surface area (Å²) < 4.78 is 56.7. The van der Waals surface area contributed by atoms with Gasteiger partial charge in [0.05, 0.1) is 34.9 Å². The van der Waals surface area contributed by atoms with E-state index in [1.54, 1.807) is 30.6 Å². The summed E-state index contributed by atoms with van der Waals surface area (Å²) in [4.78, 5) is 6.63. The lowest BCUT2D eigenvalue weighted by Crippen LogP contribution is -2.48. The molecule has 0 saturated carbocycles. The Morgan fingerprint density at radius 1 is 1.10 bits per heavy atom.